The molecule has 3 heterocycles. The van der Waals surface area contributed by atoms with E-state index in [1.54, 1.807) is 0 Å². The van der Waals surface area contributed by atoms with Gasteiger partial charge in [-0.15, -0.1) is 0 Å². The number of hydrogen-bond acceptors (Lipinski definition) is 8. The molecular weight excluding hydrogens is 491 g/mol. The van der Waals surface area contributed by atoms with Crippen molar-refractivity contribution in [2.75, 3.05) is 19.0 Å². The van der Waals surface area contributed by atoms with Crippen molar-refractivity contribution in [2.24, 2.45) is 0 Å². The monoisotopic (exact) mass is 524 g/mol. The lowest BCUT2D eigenvalue weighted by molar-refractivity contribution is -0.137. The van der Waals surface area contributed by atoms with Gasteiger partial charge in [-0.05, 0) is 55.7 Å². The van der Waals surface area contributed by atoms with Gasteiger partial charge in [0.25, 0.3) is 0 Å². The second kappa shape index (κ2) is 14.6. The number of unbranched alkanes of at least 4 members (excludes halogenated alkanes) is 1. The van der Waals surface area contributed by atoms with Gasteiger partial charge in [0.05, 0.1) is 13.5 Å². The molecule has 0 bridgehead atoms. The van der Waals surface area contributed by atoms with Crippen LogP contribution in [-0.2, 0) is 27.0 Å². The van der Waals surface area contributed by atoms with Gasteiger partial charge in [0, 0.05) is 43.4 Å². The molecule has 2 aromatic rings. The van der Waals surface area contributed by atoms with E-state index in [9.17, 15) is 14.7 Å². The first-order valence-electron chi connectivity index (χ1n) is 11.7. The number of aryl methyl sites for hydroxylation is 2. The molecule has 0 amide bonds. The lowest BCUT2D eigenvalue weighted by Gasteiger charge is -2.14. The van der Waals surface area contributed by atoms with Crippen LogP contribution in [0.1, 0.15) is 67.7 Å². The maximum Gasteiger partial charge on any atom is 0.466 e. The molecule has 1 unspecified atom stereocenters. The van der Waals surface area contributed by atoms with E-state index in [0.717, 1.165) is 43.7 Å². The Bertz CT molecular complexity index is 1040. The van der Waals surface area contributed by atoms with Gasteiger partial charge in [0.2, 0.25) is 0 Å². The van der Waals surface area contributed by atoms with Crippen molar-refractivity contribution in [1.29, 1.82) is 0 Å². The summed E-state index contributed by atoms with van der Waals surface area (Å²) in [5.74, 6) is -0.326. The van der Waals surface area contributed by atoms with Gasteiger partial charge in [-0.2, -0.15) is 0 Å². The molecule has 12 nitrogen and oxygen atoms in total. The van der Waals surface area contributed by atoms with E-state index < -0.39 is 19.7 Å². The summed E-state index contributed by atoms with van der Waals surface area (Å²) >= 11 is 0. The summed E-state index contributed by atoms with van der Waals surface area (Å²) < 4.78 is 13.8. The molecule has 0 aromatic carbocycles. The number of Topliss-reactive ketones (excluding diaryl/α,β-unsaturated/α-hetero) is 1. The van der Waals surface area contributed by atoms with Crippen LogP contribution in [0.3, 0.4) is 0 Å². The number of carbonyl (C=O) groups is 2. The van der Waals surface area contributed by atoms with Crippen LogP contribution in [0.15, 0.2) is 24.5 Å². The number of aliphatic carboxylic acids is 1. The lowest BCUT2D eigenvalue weighted by atomic mass is 9.91. The quantitative estimate of drug-likeness (QED) is 0.213. The van der Waals surface area contributed by atoms with Crippen LogP contribution in [0.5, 0.6) is 6.01 Å². The third-order valence-electron chi connectivity index (χ3n) is 5.54. The molecule has 36 heavy (non-hydrogen) atoms. The highest BCUT2D eigenvalue weighted by Crippen LogP contribution is 2.26. The van der Waals surface area contributed by atoms with E-state index in [1.165, 1.54) is 37.9 Å². The van der Waals surface area contributed by atoms with Crippen LogP contribution in [0.25, 0.3) is 0 Å². The first-order valence-corrected chi connectivity index (χ1v) is 13.2. The van der Waals surface area contributed by atoms with Crippen LogP contribution >= 0.6 is 7.82 Å². The molecular formula is C23H33N4O8P. The number of phosphoric acid groups is 1. The number of nitrogens with zero attached hydrogens (tertiary/aromatic N) is 3. The number of carboxylic acids is 1. The zero-order valence-corrected chi connectivity index (χ0v) is 21.1. The average molecular weight is 525 g/mol. The fourth-order valence-electron chi connectivity index (χ4n) is 3.84. The molecule has 1 atom stereocenters. The van der Waals surface area contributed by atoms with Crippen molar-refractivity contribution in [3.8, 4) is 6.01 Å². The Kier molecular flexibility index (Phi) is 11.9. The van der Waals surface area contributed by atoms with E-state index in [0.29, 0.717) is 12.0 Å². The molecule has 1 aliphatic rings. The zero-order valence-electron chi connectivity index (χ0n) is 20.2. The highest BCUT2D eigenvalue weighted by molar-refractivity contribution is 7.45. The average Bonchev–Trinajstić information content (AvgIpc) is 3.05. The summed E-state index contributed by atoms with van der Waals surface area (Å²) in [4.78, 5) is 58.1. The van der Waals surface area contributed by atoms with E-state index in [2.05, 4.69) is 27.4 Å². The summed E-state index contributed by atoms with van der Waals surface area (Å²) in [6.45, 7) is 0.967. The highest BCUT2D eigenvalue weighted by atomic mass is 31.2. The number of carbonyl (C=O) groups excluding carboxylic acids is 1. The molecule has 0 spiro atoms. The van der Waals surface area contributed by atoms with Crippen molar-refractivity contribution in [2.45, 2.75) is 63.7 Å². The number of ketones is 1. The van der Waals surface area contributed by atoms with Gasteiger partial charge in [0.1, 0.15) is 11.6 Å². The number of aromatic nitrogens is 3. The molecule has 5 N–H and O–H groups in total. The van der Waals surface area contributed by atoms with Crippen molar-refractivity contribution < 1.29 is 38.7 Å². The minimum atomic E-state index is -4.64. The van der Waals surface area contributed by atoms with Crippen molar-refractivity contribution in [3.63, 3.8) is 0 Å². The predicted octanol–water partition coefficient (Wildman–Crippen LogP) is 2.63. The standard InChI is InChI=1S/C23H30N4O4.H3O4P/c1-31-23-25-14-18(15-26-23)17(13-21(29)30)12-20(28)8-3-2-7-19-10-9-16-6-4-5-11-24-22(16)27-19;1-5(2,3)4/h9-10,14-15,17H,2-8,11-13H2,1H3,(H,24,27)(H,29,30);(H3,1,2,3,4). The van der Waals surface area contributed by atoms with Gasteiger partial charge >= 0.3 is 19.8 Å². The van der Waals surface area contributed by atoms with Crippen LogP contribution < -0.4 is 10.1 Å². The lowest BCUT2D eigenvalue weighted by Crippen LogP contribution is -2.12. The topological polar surface area (TPSA) is 192 Å². The number of ether oxygens (including phenoxy) is 1. The molecule has 198 valence electrons. The largest absolute Gasteiger partial charge is 0.481 e. The molecule has 3 rings (SSSR count). The third-order valence-corrected chi connectivity index (χ3v) is 5.54. The smallest absolute Gasteiger partial charge is 0.466 e. The van der Waals surface area contributed by atoms with Crippen LogP contribution in [0.4, 0.5) is 5.82 Å². The normalized spacial score (nSPS) is 13.8. The first-order chi connectivity index (χ1) is 17.0. The Hall–Kier alpha value is -2.92. The van der Waals surface area contributed by atoms with Gasteiger partial charge in [-0.25, -0.2) is 19.5 Å². The van der Waals surface area contributed by atoms with Gasteiger partial charge in [-0.3, -0.25) is 9.59 Å². The van der Waals surface area contributed by atoms with Gasteiger partial charge in [-0.1, -0.05) is 6.07 Å². The molecule has 13 heteroatoms. The SMILES string of the molecule is COc1ncc(C(CC(=O)O)CC(=O)CCCCc2ccc3c(n2)NCCCC3)cn1.O=P(O)(O)O. The Morgan fingerprint density at radius 3 is 2.44 bits per heavy atom. The number of methoxy groups -OCH3 is 1. The maximum atomic E-state index is 12.5. The van der Waals surface area contributed by atoms with E-state index in [-0.39, 0.29) is 24.6 Å². The number of pyridine rings is 1. The predicted molar refractivity (Wildman–Crippen MR) is 131 cm³/mol. The van der Waals surface area contributed by atoms with Crippen molar-refractivity contribution in [1.82, 2.24) is 15.0 Å². The number of hydrogen-bond donors (Lipinski definition) is 5. The summed E-state index contributed by atoms with van der Waals surface area (Å²) in [5.41, 5.74) is 2.96. The van der Waals surface area contributed by atoms with Crippen LogP contribution in [0, 0.1) is 0 Å². The number of anilines is 1. The molecule has 0 aliphatic carbocycles. The van der Waals surface area contributed by atoms with Gasteiger partial charge in [0.15, 0.2) is 0 Å². The summed E-state index contributed by atoms with van der Waals surface area (Å²) in [7, 11) is -3.18. The number of rotatable bonds is 11. The molecule has 1 aliphatic heterocycles. The summed E-state index contributed by atoms with van der Waals surface area (Å²) in [6.07, 6.45) is 9.40. The molecule has 0 fully saturated rings. The van der Waals surface area contributed by atoms with E-state index in [1.807, 2.05) is 0 Å². The fraction of sp³-hybridized carbons (Fsp3) is 0.522. The molecule has 2 aromatic heterocycles. The second-order valence-electron chi connectivity index (χ2n) is 8.46. The van der Waals surface area contributed by atoms with Crippen LogP contribution in [0.2, 0.25) is 0 Å². The van der Waals surface area contributed by atoms with Crippen molar-refractivity contribution in [3.05, 3.63) is 41.3 Å². The Labute approximate surface area is 209 Å². The number of nitrogens with one attached hydrogen (secondary N) is 1. The van der Waals surface area contributed by atoms with Crippen molar-refractivity contribution >= 4 is 25.4 Å². The minimum Gasteiger partial charge on any atom is -0.481 e. The Balaban J connectivity index is 0.000000830. The molecule has 0 radical (unpaired) electrons. The fourth-order valence-corrected chi connectivity index (χ4v) is 3.84. The zero-order chi connectivity index (χ0) is 26.6. The molecule has 0 saturated carbocycles. The minimum absolute atomic E-state index is 0.0543. The van der Waals surface area contributed by atoms with Gasteiger partial charge < -0.3 is 29.8 Å². The highest BCUT2D eigenvalue weighted by Gasteiger charge is 2.20. The second-order valence-corrected chi connectivity index (χ2v) is 9.48. The first kappa shape index (κ1) is 29.3. The van der Waals surface area contributed by atoms with Crippen LogP contribution in [-0.4, -0.2) is 60.1 Å². The summed E-state index contributed by atoms with van der Waals surface area (Å²) in [6, 6.07) is 4.46. The van der Waals surface area contributed by atoms with E-state index >= 15 is 0 Å². The third kappa shape index (κ3) is 11.7. The van der Waals surface area contributed by atoms with E-state index in [4.69, 9.17) is 29.0 Å². The number of carboxylic acid groups (broad SMARTS) is 1. The Morgan fingerprint density at radius 2 is 1.81 bits per heavy atom. The maximum absolute atomic E-state index is 12.5. The molecule has 0 saturated heterocycles. The number of fused-ring (bicyclic) bond motifs is 1. The summed E-state index contributed by atoms with van der Waals surface area (Å²) in [5, 5.41) is 12.6. The Morgan fingerprint density at radius 1 is 1.11 bits per heavy atom.